The van der Waals surface area contributed by atoms with Crippen LogP contribution in [0.5, 0.6) is 0 Å². The summed E-state index contributed by atoms with van der Waals surface area (Å²) >= 11 is 1.59. The highest BCUT2D eigenvalue weighted by Crippen LogP contribution is 2.26. The molecule has 0 unspecified atom stereocenters. The molecular weight excluding hydrogens is 324 g/mol. The maximum atomic E-state index is 12.6. The molecule has 2 aromatic heterocycles. The number of H-pyrrole nitrogens is 1. The van der Waals surface area contributed by atoms with Crippen molar-refractivity contribution in [2.24, 2.45) is 0 Å². The number of fused-ring (bicyclic) bond motifs is 1. The van der Waals surface area contributed by atoms with Crippen molar-refractivity contribution in [2.45, 2.75) is 25.7 Å². The van der Waals surface area contributed by atoms with Crippen molar-refractivity contribution < 1.29 is 4.79 Å². The van der Waals surface area contributed by atoms with Gasteiger partial charge in [-0.25, -0.2) is 14.8 Å². The monoisotopic (exact) mass is 342 g/mol. The van der Waals surface area contributed by atoms with Gasteiger partial charge in [0, 0.05) is 24.7 Å². The molecule has 0 radical (unpaired) electrons. The highest BCUT2D eigenvalue weighted by molar-refractivity contribution is 7.16. The molecular formula is C16H18N6OS. The summed E-state index contributed by atoms with van der Waals surface area (Å²) in [5.74, 6) is 1.80. The molecule has 124 valence electrons. The summed E-state index contributed by atoms with van der Waals surface area (Å²) in [7, 11) is 0. The molecule has 3 heterocycles. The van der Waals surface area contributed by atoms with Crippen LogP contribution in [0.4, 0.5) is 10.5 Å². The number of aromatic nitrogens is 4. The van der Waals surface area contributed by atoms with Crippen molar-refractivity contribution in [3.8, 4) is 0 Å². The quantitative estimate of drug-likeness (QED) is 0.749. The molecule has 4 rings (SSSR count). The fourth-order valence-corrected chi connectivity index (χ4v) is 3.71. The number of hydrogen-bond donors (Lipinski definition) is 2. The highest BCUT2D eigenvalue weighted by atomic mass is 32.1. The Kier molecular flexibility index (Phi) is 3.89. The lowest BCUT2D eigenvalue weighted by molar-refractivity contribution is 0.191. The number of amides is 2. The molecule has 3 aromatic rings. The number of nitrogens with one attached hydrogen (secondary N) is 2. The van der Waals surface area contributed by atoms with E-state index in [0.717, 1.165) is 46.9 Å². The number of rotatable bonds is 2. The second-order valence-corrected chi connectivity index (χ2v) is 6.92. The van der Waals surface area contributed by atoms with Crippen LogP contribution in [0.1, 0.15) is 30.4 Å². The lowest BCUT2D eigenvalue weighted by Gasteiger charge is -2.31. The molecule has 24 heavy (non-hydrogen) atoms. The van der Waals surface area contributed by atoms with E-state index in [2.05, 4.69) is 25.5 Å². The van der Waals surface area contributed by atoms with Gasteiger partial charge in [-0.05, 0) is 38.0 Å². The van der Waals surface area contributed by atoms with Gasteiger partial charge >= 0.3 is 6.03 Å². The van der Waals surface area contributed by atoms with Crippen molar-refractivity contribution in [2.75, 3.05) is 18.4 Å². The van der Waals surface area contributed by atoms with E-state index in [0.29, 0.717) is 6.54 Å². The summed E-state index contributed by atoms with van der Waals surface area (Å²) in [6.07, 6.45) is 1.96. The first-order valence-corrected chi connectivity index (χ1v) is 8.85. The van der Waals surface area contributed by atoms with Crippen LogP contribution in [0.3, 0.4) is 0 Å². The van der Waals surface area contributed by atoms with Crippen LogP contribution in [0.25, 0.3) is 10.2 Å². The van der Waals surface area contributed by atoms with Crippen LogP contribution < -0.4 is 5.32 Å². The van der Waals surface area contributed by atoms with Crippen molar-refractivity contribution in [1.29, 1.82) is 0 Å². The van der Waals surface area contributed by atoms with E-state index in [1.54, 1.807) is 11.3 Å². The molecule has 8 heteroatoms. The molecule has 1 aliphatic rings. The van der Waals surface area contributed by atoms with Gasteiger partial charge in [0.15, 0.2) is 5.82 Å². The number of carbonyl (C=O) groups excluding carboxylic acids is 1. The molecule has 1 atom stereocenters. The molecule has 2 amide bonds. The van der Waals surface area contributed by atoms with Crippen molar-refractivity contribution in [1.82, 2.24) is 25.1 Å². The number of nitrogens with zero attached hydrogens (tertiary/aromatic N) is 4. The first-order valence-electron chi connectivity index (χ1n) is 7.97. The Morgan fingerprint density at radius 2 is 2.38 bits per heavy atom. The molecule has 1 aromatic carbocycles. The van der Waals surface area contributed by atoms with Crippen LogP contribution in [0.2, 0.25) is 0 Å². The second-order valence-electron chi connectivity index (χ2n) is 6.03. The zero-order valence-corrected chi connectivity index (χ0v) is 14.1. The smallest absolute Gasteiger partial charge is 0.321 e. The van der Waals surface area contributed by atoms with Gasteiger partial charge in [0.1, 0.15) is 5.82 Å². The minimum atomic E-state index is -0.0819. The van der Waals surface area contributed by atoms with Gasteiger partial charge in [0.05, 0.1) is 15.7 Å². The summed E-state index contributed by atoms with van der Waals surface area (Å²) in [5, 5.41) is 10.1. The van der Waals surface area contributed by atoms with Gasteiger partial charge in [0.2, 0.25) is 0 Å². The number of anilines is 1. The van der Waals surface area contributed by atoms with E-state index in [1.807, 2.05) is 35.5 Å². The number of thiazole rings is 1. The lowest BCUT2D eigenvalue weighted by atomic mass is 9.98. The molecule has 7 nitrogen and oxygen atoms in total. The Bertz CT molecular complexity index is 872. The van der Waals surface area contributed by atoms with Gasteiger partial charge in [-0.3, -0.25) is 5.10 Å². The van der Waals surface area contributed by atoms with Crippen LogP contribution >= 0.6 is 11.3 Å². The number of hydrogen-bond acceptors (Lipinski definition) is 5. The van der Waals surface area contributed by atoms with Gasteiger partial charge in [-0.1, -0.05) is 0 Å². The van der Waals surface area contributed by atoms with E-state index >= 15 is 0 Å². The first-order chi connectivity index (χ1) is 11.7. The van der Waals surface area contributed by atoms with E-state index in [-0.39, 0.29) is 11.9 Å². The first kappa shape index (κ1) is 15.1. The Balaban J connectivity index is 1.45. The maximum absolute atomic E-state index is 12.6. The highest BCUT2D eigenvalue weighted by Gasteiger charge is 2.27. The van der Waals surface area contributed by atoms with E-state index in [4.69, 9.17) is 0 Å². The summed E-state index contributed by atoms with van der Waals surface area (Å²) in [5.41, 5.74) is 3.49. The second kappa shape index (κ2) is 6.20. The fourth-order valence-electron chi connectivity index (χ4n) is 3.05. The zero-order valence-electron chi connectivity index (χ0n) is 13.3. The third-order valence-corrected chi connectivity index (χ3v) is 5.08. The normalized spacial score (nSPS) is 18.0. The fraction of sp³-hybridized carbons (Fsp3) is 0.375. The molecule has 0 spiro atoms. The molecule has 1 fully saturated rings. The minimum absolute atomic E-state index is 0.0819. The lowest BCUT2D eigenvalue weighted by Crippen LogP contribution is -2.41. The van der Waals surface area contributed by atoms with E-state index in [9.17, 15) is 4.79 Å². The number of aromatic amines is 1. The molecule has 0 saturated carbocycles. The maximum Gasteiger partial charge on any atom is 0.321 e. The number of piperidine rings is 1. The Labute approximate surface area is 143 Å². The van der Waals surface area contributed by atoms with Gasteiger partial charge in [-0.2, -0.15) is 5.10 Å². The molecule has 2 N–H and O–H groups in total. The summed E-state index contributed by atoms with van der Waals surface area (Å²) in [4.78, 5) is 23.1. The van der Waals surface area contributed by atoms with Gasteiger partial charge < -0.3 is 10.2 Å². The number of urea groups is 1. The van der Waals surface area contributed by atoms with Crippen LogP contribution in [-0.2, 0) is 0 Å². The molecule has 1 saturated heterocycles. The molecule has 0 bridgehead atoms. The summed E-state index contributed by atoms with van der Waals surface area (Å²) in [6.45, 7) is 3.28. The Morgan fingerprint density at radius 3 is 3.21 bits per heavy atom. The number of carbonyl (C=O) groups is 1. The summed E-state index contributed by atoms with van der Waals surface area (Å²) < 4.78 is 1.12. The van der Waals surface area contributed by atoms with Gasteiger partial charge in [0.25, 0.3) is 0 Å². The average molecular weight is 342 g/mol. The zero-order chi connectivity index (χ0) is 16.5. The Hall–Kier alpha value is -2.48. The third-order valence-electron chi connectivity index (χ3n) is 4.27. The average Bonchev–Trinajstić information content (AvgIpc) is 3.23. The van der Waals surface area contributed by atoms with Crippen molar-refractivity contribution in [3.05, 3.63) is 35.4 Å². The van der Waals surface area contributed by atoms with Crippen molar-refractivity contribution >= 4 is 33.3 Å². The molecule has 0 aliphatic carbocycles. The number of aryl methyl sites for hydroxylation is 1. The minimum Gasteiger partial charge on any atom is -0.324 e. The number of benzene rings is 1. The SMILES string of the molecule is Cc1nc([C@H]2CCCN(C(=O)Nc3ccc4scnc4c3)C2)n[nH]1. The van der Waals surface area contributed by atoms with E-state index in [1.165, 1.54) is 0 Å². The predicted molar refractivity (Wildman–Crippen MR) is 93.3 cm³/mol. The largest absolute Gasteiger partial charge is 0.324 e. The Morgan fingerprint density at radius 1 is 1.46 bits per heavy atom. The predicted octanol–water partition coefficient (Wildman–Crippen LogP) is 3.13. The topological polar surface area (TPSA) is 86.8 Å². The molecule has 1 aliphatic heterocycles. The van der Waals surface area contributed by atoms with Crippen molar-refractivity contribution in [3.63, 3.8) is 0 Å². The number of likely N-dealkylation sites (tertiary alicyclic amines) is 1. The summed E-state index contributed by atoms with van der Waals surface area (Å²) in [6, 6.07) is 5.72. The van der Waals surface area contributed by atoms with E-state index < -0.39 is 0 Å². The van der Waals surface area contributed by atoms with Crippen LogP contribution in [0.15, 0.2) is 23.7 Å². The standard InChI is InChI=1S/C16H18N6OS/c1-10-18-15(21-20-10)11-3-2-6-22(8-11)16(23)19-12-4-5-14-13(7-12)17-9-24-14/h4-5,7,9,11H,2-3,6,8H2,1H3,(H,19,23)(H,18,20,21)/t11-/m0/s1. The third kappa shape index (κ3) is 2.96. The van der Waals surface area contributed by atoms with Crippen LogP contribution in [-0.4, -0.2) is 44.2 Å². The van der Waals surface area contributed by atoms with Gasteiger partial charge in [-0.15, -0.1) is 11.3 Å². The van der Waals surface area contributed by atoms with Crippen LogP contribution in [0, 0.1) is 6.92 Å².